The summed E-state index contributed by atoms with van der Waals surface area (Å²) in [4.78, 5) is 14.7. The molecule has 0 radical (unpaired) electrons. The molecule has 1 unspecified atom stereocenters. The number of rotatable bonds is 9. The van der Waals surface area contributed by atoms with Crippen LogP contribution in [0.1, 0.15) is 31.2 Å². The van der Waals surface area contributed by atoms with Crippen LogP contribution in [0.4, 0.5) is 0 Å². The normalized spacial score (nSPS) is 12.3. The van der Waals surface area contributed by atoms with Gasteiger partial charge in [0.1, 0.15) is 12.1 Å². The Labute approximate surface area is 158 Å². The molecule has 27 heavy (non-hydrogen) atoms. The fraction of sp³-hybridized carbons (Fsp3) is 0.368. The minimum Gasteiger partial charge on any atom is -0.468 e. The van der Waals surface area contributed by atoms with Crippen molar-refractivity contribution in [2.24, 2.45) is 0 Å². The lowest BCUT2D eigenvalue weighted by Crippen LogP contribution is -2.38. The van der Waals surface area contributed by atoms with Gasteiger partial charge in [-0.25, -0.2) is 4.68 Å². The van der Waals surface area contributed by atoms with E-state index in [4.69, 9.17) is 4.42 Å². The van der Waals surface area contributed by atoms with Gasteiger partial charge in [0.2, 0.25) is 5.91 Å². The van der Waals surface area contributed by atoms with Crippen LogP contribution in [0.2, 0.25) is 0 Å². The molecule has 1 N–H and O–H groups in total. The zero-order chi connectivity index (χ0) is 19.1. The zero-order valence-electron chi connectivity index (χ0n) is 15.6. The van der Waals surface area contributed by atoms with Gasteiger partial charge in [0.25, 0.3) is 0 Å². The lowest BCUT2D eigenvalue weighted by Gasteiger charge is -2.28. The highest BCUT2D eigenvalue weighted by molar-refractivity contribution is 5.78. The highest BCUT2D eigenvalue weighted by atomic mass is 16.3. The predicted octanol–water partition coefficient (Wildman–Crippen LogP) is 2.00. The molecule has 0 saturated carbocycles. The number of tetrazole rings is 1. The Balaban J connectivity index is 1.58. The average molecular weight is 368 g/mol. The van der Waals surface area contributed by atoms with Gasteiger partial charge in [-0.3, -0.25) is 9.69 Å². The SMILES string of the molecule is CCN(CC)C(CNC(=O)Cc1ccc(-n2cnnn2)cc1)c1ccco1. The summed E-state index contributed by atoms with van der Waals surface area (Å²) in [6.45, 7) is 6.49. The molecule has 0 aliphatic heterocycles. The number of amides is 1. The first kappa shape index (κ1) is 18.8. The number of hydrogen-bond acceptors (Lipinski definition) is 6. The monoisotopic (exact) mass is 368 g/mol. The third-order valence-corrected chi connectivity index (χ3v) is 4.53. The summed E-state index contributed by atoms with van der Waals surface area (Å²) in [6, 6.07) is 11.4. The number of carbonyl (C=O) groups excluding carboxylic acids is 1. The maximum absolute atomic E-state index is 12.4. The Morgan fingerprint density at radius 2 is 2.00 bits per heavy atom. The molecule has 0 saturated heterocycles. The van der Waals surface area contributed by atoms with Crippen molar-refractivity contribution in [3.05, 3.63) is 60.3 Å². The topological polar surface area (TPSA) is 89.1 Å². The molecule has 3 rings (SSSR count). The summed E-state index contributed by atoms with van der Waals surface area (Å²) in [6.07, 6.45) is 3.52. The smallest absolute Gasteiger partial charge is 0.224 e. The first-order valence-corrected chi connectivity index (χ1v) is 9.07. The number of furan rings is 1. The molecule has 0 fully saturated rings. The Bertz CT molecular complexity index is 811. The maximum atomic E-state index is 12.4. The quantitative estimate of drug-likeness (QED) is 0.621. The third kappa shape index (κ3) is 4.79. The van der Waals surface area contributed by atoms with Crippen LogP contribution in [0.25, 0.3) is 5.69 Å². The van der Waals surface area contributed by atoms with Gasteiger partial charge in [0.15, 0.2) is 0 Å². The minimum absolute atomic E-state index is 0.0196. The number of carbonyl (C=O) groups is 1. The van der Waals surface area contributed by atoms with E-state index >= 15 is 0 Å². The van der Waals surface area contributed by atoms with Gasteiger partial charge >= 0.3 is 0 Å². The zero-order valence-corrected chi connectivity index (χ0v) is 15.6. The van der Waals surface area contributed by atoms with Gasteiger partial charge in [-0.1, -0.05) is 26.0 Å². The van der Waals surface area contributed by atoms with Crippen molar-refractivity contribution in [1.29, 1.82) is 0 Å². The molecule has 3 aromatic rings. The van der Waals surface area contributed by atoms with Crippen LogP contribution in [0, 0.1) is 0 Å². The lowest BCUT2D eigenvalue weighted by molar-refractivity contribution is -0.120. The summed E-state index contributed by atoms with van der Waals surface area (Å²) in [7, 11) is 0. The molecule has 1 amide bonds. The van der Waals surface area contributed by atoms with Crippen molar-refractivity contribution in [2.45, 2.75) is 26.3 Å². The van der Waals surface area contributed by atoms with Crippen molar-refractivity contribution in [1.82, 2.24) is 30.4 Å². The predicted molar refractivity (Wildman–Crippen MR) is 100 cm³/mol. The molecule has 0 spiro atoms. The molecule has 2 heterocycles. The molecule has 0 aliphatic rings. The minimum atomic E-state index is -0.0196. The number of hydrogen-bond donors (Lipinski definition) is 1. The van der Waals surface area contributed by atoms with Gasteiger partial charge in [-0.2, -0.15) is 0 Å². The van der Waals surface area contributed by atoms with E-state index < -0.39 is 0 Å². The van der Waals surface area contributed by atoms with Gasteiger partial charge in [-0.05, 0) is 53.3 Å². The van der Waals surface area contributed by atoms with E-state index in [1.807, 2.05) is 36.4 Å². The van der Waals surface area contributed by atoms with E-state index in [2.05, 4.69) is 39.6 Å². The number of benzene rings is 1. The van der Waals surface area contributed by atoms with Crippen LogP contribution < -0.4 is 5.32 Å². The molecule has 142 valence electrons. The number of likely N-dealkylation sites (N-methyl/N-ethyl adjacent to an activating group) is 1. The standard InChI is InChI=1S/C19H24N6O2/c1-3-24(4-2)17(18-6-5-11-27-18)13-20-19(26)12-15-7-9-16(10-8-15)25-14-21-22-23-25/h5-11,14,17H,3-4,12-13H2,1-2H3,(H,20,26). The Kier molecular flexibility index (Phi) is 6.32. The first-order chi connectivity index (χ1) is 13.2. The molecule has 8 heteroatoms. The molecular weight excluding hydrogens is 344 g/mol. The van der Waals surface area contributed by atoms with Crippen LogP contribution in [-0.2, 0) is 11.2 Å². The van der Waals surface area contributed by atoms with Gasteiger partial charge < -0.3 is 9.73 Å². The van der Waals surface area contributed by atoms with Crippen LogP contribution in [0.3, 0.4) is 0 Å². The summed E-state index contributed by atoms with van der Waals surface area (Å²) in [5.74, 6) is 0.846. The number of nitrogens with one attached hydrogen (secondary N) is 1. The third-order valence-electron chi connectivity index (χ3n) is 4.53. The summed E-state index contributed by atoms with van der Waals surface area (Å²) >= 11 is 0. The van der Waals surface area contributed by atoms with Crippen molar-refractivity contribution in [3.63, 3.8) is 0 Å². The largest absolute Gasteiger partial charge is 0.468 e. The molecule has 1 aromatic carbocycles. The van der Waals surface area contributed by atoms with Crippen molar-refractivity contribution in [2.75, 3.05) is 19.6 Å². The van der Waals surface area contributed by atoms with E-state index in [-0.39, 0.29) is 11.9 Å². The van der Waals surface area contributed by atoms with Crippen molar-refractivity contribution in [3.8, 4) is 5.69 Å². The van der Waals surface area contributed by atoms with E-state index in [9.17, 15) is 4.79 Å². The molecule has 0 bridgehead atoms. The highest BCUT2D eigenvalue weighted by Crippen LogP contribution is 2.20. The second-order valence-corrected chi connectivity index (χ2v) is 6.15. The fourth-order valence-corrected chi connectivity index (χ4v) is 3.06. The molecular formula is C19H24N6O2. The Hall–Kier alpha value is -3.00. The van der Waals surface area contributed by atoms with Gasteiger partial charge in [0, 0.05) is 6.54 Å². The number of aromatic nitrogens is 4. The molecule has 2 aromatic heterocycles. The molecule has 0 aliphatic carbocycles. The second-order valence-electron chi connectivity index (χ2n) is 6.15. The van der Waals surface area contributed by atoms with Crippen molar-refractivity contribution < 1.29 is 9.21 Å². The highest BCUT2D eigenvalue weighted by Gasteiger charge is 2.21. The Morgan fingerprint density at radius 1 is 1.22 bits per heavy atom. The van der Waals surface area contributed by atoms with Crippen molar-refractivity contribution >= 4 is 5.91 Å². The summed E-state index contributed by atoms with van der Waals surface area (Å²) < 4.78 is 7.14. The van der Waals surface area contributed by atoms with E-state index in [1.165, 1.54) is 6.33 Å². The summed E-state index contributed by atoms with van der Waals surface area (Å²) in [5, 5.41) is 14.1. The van der Waals surface area contributed by atoms with Crippen LogP contribution in [0.15, 0.2) is 53.4 Å². The second kappa shape index (κ2) is 9.09. The van der Waals surface area contributed by atoms with Crippen LogP contribution in [-0.4, -0.2) is 50.6 Å². The Morgan fingerprint density at radius 3 is 2.59 bits per heavy atom. The fourth-order valence-electron chi connectivity index (χ4n) is 3.06. The van der Waals surface area contributed by atoms with Gasteiger partial charge in [-0.15, -0.1) is 5.10 Å². The lowest BCUT2D eigenvalue weighted by atomic mass is 10.1. The number of nitrogens with zero attached hydrogens (tertiary/aromatic N) is 5. The van der Waals surface area contributed by atoms with Gasteiger partial charge in [0.05, 0.1) is 24.4 Å². The van der Waals surface area contributed by atoms with E-state index in [0.717, 1.165) is 30.1 Å². The average Bonchev–Trinajstić information content (AvgIpc) is 3.39. The van der Waals surface area contributed by atoms with Crippen LogP contribution >= 0.6 is 0 Å². The molecule has 1 atom stereocenters. The van der Waals surface area contributed by atoms with E-state index in [0.29, 0.717) is 13.0 Å². The maximum Gasteiger partial charge on any atom is 0.224 e. The molecule has 8 nitrogen and oxygen atoms in total. The van der Waals surface area contributed by atoms with E-state index in [1.54, 1.807) is 10.9 Å². The first-order valence-electron chi connectivity index (χ1n) is 9.07. The van der Waals surface area contributed by atoms with Crippen LogP contribution in [0.5, 0.6) is 0 Å². The summed E-state index contributed by atoms with van der Waals surface area (Å²) in [5.41, 5.74) is 1.78.